The Morgan fingerprint density at radius 2 is 2.11 bits per heavy atom. The zero-order chi connectivity index (χ0) is 14.3. The summed E-state index contributed by atoms with van der Waals surface area (Å²) in [7, 11) is 1.57. The summed E-state index contributed by atoms with van der Waals surface area (Å²) in [5.41, 5.74) is 2.01. The van der Waals surface area contributed by atoms with E-state index in [1.807, 2.05) is 24.3 Å². The number of carbonyl (C=O) groups is 1. The molecule has 0 aromatic heterocycles. The Kier molecular flexibility index (Phi) is 6.25. The van der Waals surface area contributed by atoms with Crippen molar-refractivity contribution in [1.82, 2.24) is 0 Å². The Hall–Kier alpha value is -1.65. The minimum Gasteiger partial charge on any atom is -0.463 e. The normalized spacial score (nSPS) is 11.9. The van der Waals surface area contributed by atoms with E-state index in [2.05, 4.69) is 6.58 Å². The molecule has 0 spiro atoms. The minimum atomic E-state index is -0.411. The van der Waals surface area contributed by atoms with E-state index in [0.29, 0.717) is 18.6 Å². The highest BCUT2D eigenvalue weighted by Crippen LogP contribution is 2.27. The first-order valence-electron chi connectivity index (χ1n) is 6.20. The zero-order valence-electron chi connectivity index (χ0n) is 11.4. The number of methoxy groups -OCH3 is 1. The molecule has 0 fully saturated rings. The van der Waals surface area contributed by atoms with Crippen LogP contribution in [0.4, 0.5) is 0 Å². The Morgan fingerprint density at radius 1 is 1.42 bits per heavy atom. The van der Waals surface area contributed by atoms with Crippen LogP contribution in [-0.2, 0) is 20.9 Å². The summed E-state index contributed by atoms with van der Waals surface area (Å²) in [6, 6.07) is 7.42. The fourth-order valence-corrected chi connectivity index (χ4v) is 1.85. The predicted octanol–water partition coefficient (Wildman–Crippen LogP) is 2.38. The molecule has 4 nitrogen and oxygen atoms in total. The van der Waals surface area contributed by atoms with E-state index >= 15 is 0 Å². The van der Waals surface area contributed by atoms with E-state index in [-0.39, 0.29) is 12.7 Å². The third kappa shape index (κ3) is 4.19. The molecule has 0 aliphatic rings. The van der Waals surface area contributed by atoms with Crippen molar-refractivity contribution < 1.29 is 19.4 Å². The number of aliphatic hydroxyl groups is 1. The lowest BCUT2D eigenvalue weighted by molar-refractivity contribution is -0.139. The van der Waals surface area contributed by atoms with E-state index in [0.717, 1.165) is 11.1 Å². The van der Waals surface area contributed by atoms with Crippen LogP contribution in [0.5, 0.6) is 0 Å². The van der Waals surface area contributed by atoms with Gasteiger partial charge in [-0.1, -0.05) is 30.8 Å². The topological polar surface area (TPSA) is 55.8 Å². The number of ether oxygens (including phenoxy) is 2. The van der Waals surface area contributed by atoms with Gasteiger partial charge in [0.15, 0.2) is 0 Å². The van der Waals surface area contributed by atoms with Gasteiger partial charge >= 0.3 is 5.97 Å². The molecule has 1 N–H and O–H groups in total. The molecule has 0 aliphatic carbocycles. The average molecular weight is 264 g/mol. The van der Waals surface area contributed by atoms with Gasteiger partial charge in [-0.2, -0.15) is 0 Å². The molecule has 0 unspecified atom stereocenters. The summed E-state index contributed by atoms with van der Waals surface area (Å²) in [6.07, 6.45) is 0.0204. The molecule has 1 rings (SSSR count). The summed E-state index contributed by atoms with van der Waals surface area (Å²) >= 11 is 0. The molecular formula is C15H20O4. The Bertz CT molecular complexity index is 440. The van der Waals surface area contributed by atoms with E-state index < -0.39 is 5.97 Å². The van der Waals surface area contributed by atoms with Crippen molar-refractivity contribution in [2.45, 2.75) is 26.1 Å². The number of rotatable bonds is 7. The van der Waals surface area contributed by atoms with Crippen LogP contribution >= 0.6 is 0 Å². The highest BCUT2D eigenvalue weighted by atomic mass is 16.5. The van der Waals surface area contributed by atoms with Gasteiger partial charge in [-0.3, -0.25) is 0 Å². The SMILES string of the molecule is C=C(C[C@H](OC)c1ccccc1CO)C(=O)OCC. The van der Waals surface area contributed by atoms with E-state index in [1.165, 1.54) is 0 Å². The second-order valence-corrected chi connectivity index (χ2v) is 4.11. The molecule has 0 amide bonds. The number of esters is 1. The third-order valence-corrected chi connectivity index (χ3v) is 2.85. The second kappa shape index (κ2) is 7.71. The molecule has 0 radical (unpaired) electrons. The standard InChI is InChI=1S/C15H20O4/c1-4-19-15(17)11(2)9-14(18-3)13-8-6-5-7-12(13)10-16/h5-8,14,16H,2,4,9-10H2,1,3H3/t14-/m0/s1. The quantitative estimate of drug-likeness (QED) is 0.607. The lowest BCUT2D eigenvalue weighted by atomic mass is 9.97. The minimum absolute atomic E-state index is 0.0675. The van der Waals surface area contributed by atoms with Gasteiger partial charge in [0.2, 0.25) is 0 Å². The first-order valence-corrected chi connectivity index (χ1v) is 6.20. The van der Waals surface area contributed by atoms with Crippen molar-refractivity contribution in [3.8, 4) is 0 Å². The maximum atomic E-state index is 11.6. The van der Waals surface area contributed by atoms with Crippen molar-refractivity contribution in [3.05, 3.63) is 47.5 Å². The van der Waals surface area contributed by atoms with Crippen LogP contribution in [0.25, 0.3) is 0 Å². The van der Waals surface area contributed by atoms with Gasteiger partial charge in [0.1, 0.15) is 0 Å². The van der Waals surface area contributed by atoms with Gasteiger partial charge in [0, 0.05) is 19.1 Å². The van der Waals surface area contributed by atoms with E-state index in [4.69, 9.17) is 9.47 Å². The predicted molar refractivity (Wildman–Crippen MR) is 72.5 cm³/mol. The molecule has 0 saturated heterocycles. The summed E-state index contributed by atoms with van der Waals surface area (Å²) < 4.78 is 10.3. The van der Waals surface area contributed by atoms with Crippen molar-refractivity contribution in [2.75, 3.05) is 13.7 Å². The molecule has 4 heteroatoms. The van der Waals surface area contributed by atoms with Gasteiger partial charge in [-0.15, -0.1) is 0 Å². The molecule has 0 bridgehead atoms. The second-order valence-electron chi connectivity index (χ2n) is 4.11. The first-order chi connectivity index (χ1) is 9.13. The molecule has 0 heterocycles. The first kappa shape index (κ1) is 15.4. The number of benzene rings is 1. The van der Waals surface area contributed by atoms with Crippen LogP contribution in [0.2, 0.25) is 0 Å². The smallest absolute Gasteiger partial charge is 0.333 e. The Balaban J connectivity index is 2.83. The molecule has 104 valence electrons. The molecule has 1 aromatic carbocycles. The number of aliphatic hydroxyl groups excluding tert-OH is 1. The van der Waals surface area contributed by atoms with Crippen LogP contribution < -0.4 is 0 Å². The van der Waals surface area contributed by atoms with E-state index in [9.17, 15) is 9.90 Å². The van der Waals surface area contributed by atoms with Crippen LogP contribution in [0.3, 0.4) is 0 Å². The molecule has 1 aromatic rings. The summed E-state index contributed by atoms with van der Waals surface area (Å²) in [6.45, 7) is 5.73. The molecular weight excluding hydrogens is 244 g/mol. The summed E-state index contributed by atoms with van der Waals surface area (Å²) in [5.74, 6) is -0.411. The molecule has 1 atom stereocenters. The van der Waals surface area contributed by atoms with Crippen molar-refractivity contribution in [3.63, 3.8) is 0 Å². The fraction of sp³-hybridized carbons (Fsp3) is 0.400. The lowest BCUT2D eigenvalue weighted by Gasteiger charge is -2.19. The van der Waals surface area contributed by atoms with Gasteiger partial charge in [0.05, 0.1) is 19.3 Å². The van der Waals surface area contributed by atoms with Gasteiger partial charge in [-0.25, -0.2) is 4.79 Å². The van der Waals surface area contributed by atoms with Gasteiger partial charge in [0.25, 0.3) is 0 Å². The van der Waals surface area contributed by atoms with Crippen LogP contribution in [-0.4, -0.2) is 24.8 Å². The average Bonchev–Trinajstić information content (AvgIpc) is 2.44. The van der Waals surface area contributed by atoms with Gasteiger partial charge in [-0.05, 0) is 18.1 Å². The number of hydrogen-bond donors (Lipinski definition) is 1. The lowest BCUT2D eigenvalue weighted by Crippen LogP contribution is -2.12. The molecule has 0 aliphatic heterocycles. The van der Waals surface area contributed by atoms with Crippen molar-refractivity contribution >= 4 is 5.97 Å². The van der Waals surface area contributed by atoms with Crippen molar-refractivity contribution in [2.24, 2.45) is 0 Å². The highest BCUT2D eigenvalue weighted by Gasteiger charge is 2.19. The largest absolute Gasteiger partial charge is 0.463 e. The fourth-order valence-electron chi connectivity index (χ4n) is 1.85. The number of hydrogen-bond acceptors (Lipinski definition) is 4. The zero-order valence-corrected chi connectivity index (χ0v) is 11.4. The summed E-state index contributed by atoms with van der Waals surface area (Å²) in [5, 5.41) is 9.32. The van der Waals surface area contributed by atoms with Crippen LogP contribution in [0, 0.1) is 0 Å². The molecule has 0 saturated carbocycles. The Morgan fingerprint density at radius 3 is 2.68 bits per heavy atom. The number of carbonyl (C=O) groups excluding carboxylic acids is 1. The third-order valence-electron chi connectivity index (χ3n) is 2.85. The van der Waals surface area contributed by atoms with Gasteiger partial charge < -0.3 is 14.6 Å². The summed E-state index contributed by atoms with van der Waals surface area (Å²) in [4.78, 5) is 11.6. The van der Waals surface area contributed by atoms with Crippen LogP contribution in [0.1, 0.15) is 30.6 Å². The maximum absolute atomic E-state index is 11.6. The van der Waals surface area contributed by atoms with E-state index in [1.54, 1.807) is 14.0 Å². The highest BCUT2D eigenvalue weighted by molar-refractivity contribution is 5.87. The van der Waals surface area contributed by atoms with Crippen molar-refractivity contribution in [1.29, 1.82) is 0 Å². The monoisotopic (exact) mass is 264 g/mol. The Labute approximate surface area is 113 Å². The van der Waals surface area contributed by atoms with Crippen LogP contribution in [0.15, 0.2) is 36.4 Å². The molecule has 19 heavy (non-hydrogen) atoms. The maximum Gasteiger partial charge on any atom is 0.333 e.